The molecule has 104 valence electrons. The number of fused-ring (bicyclic) bond motifs is 3. The highest BCUT2D eigenvalue weighted by atomic mass is 16.5. The minimum Gasteiger partial charge on any atom is -0.493 e. The highest BCUT2D eigenvalue weighted by Gasteiger charge is 2.38. The summed E-state index contributed by atoms with van der Waals surface area (Å²) in [7, 11) is 1.72. The van der Waals surface area contributed by atoms with Crippen LogP contribution in [0.5, 0.6) is 11.5 Å². The van der Waals surface area contributed by atoms with Gasteiger partial charge in [0.05, 0.1) is 13.2 Å². The van der Waals surface area contributed by atoms with Crippen LogP contribution in [0.15, 0.2) is 18.2 Å². The van der Waals surface area contributed by atoms with Crippen molar-refractivity contribution in [3.63, 3.8) is 0 Å². The van der Waals surface area contributed by atoms with Crippen LogP contribution in [0.2, 0.25) is 0 Å². The third-order valence-corrected chi connectivity index (χ3v) is 4.43. The molecule has 2 unspecified atom stereocenters. The summed E-state index contributed by atoms with van der Waals surface area (Å²) >= 11 is 0. The second kappa shape index (κ2) is 5.41. The van der Waals surface area contributed by atoms with Gasteiger partial charge in [0.25, 0.3) is 0 Å². The van der Waals surface area contributed by atoms with Crippen LogP contribution >= 0.6 is 0 Å². The number of methoxy groups -OCH3 is 1. The fourth-order valence-electron chi connectivity index (χ4n) is 3.58. The predicted molar refractivity (Wildman–Crippen MR) is 76.1 cm³/mol. The number of nitrogens with zero attached hydrogens (tertiary/aromatic N) is 1. The Hall–Kier alpha value is -1.22. The van der Waals surface area contributed by atoms with Gasteiger partial charge in [0, 0.05) is 11.5 Å². The van der Waals surface area contributed by atoms with E-state index in [1.165, 1.54) is 37.9 Å². The quantitative estimate of drug-likeness (QED) is 0.834. The predicted octanol–water partition coefficient (Wildman–Crippen LogP) is 3.05. The molecule has 2 heterocycles. The zero-order chi connectivity index (χ0) is 13.2. The van der Waals surface area contributed by atoms with Crippen molar-refractivity contribution in [3.05, 3.63) is 23.8 Å². The van der Waals surface area contributed by atoms with E-state index in [1.807, 2.05) is 6.07 Å². The Morgan fingerprint density at radius 3 is 3.11 bits per heavy atom. The summed E-state index contributed by atoms with van der Waals surface area (Å²) < 4.78 is 11.5. The molecule has 0 amide bonds. The molecule has 1 aromatic carbocycles. The van der Waals surface area contributed by atoms with Gasteiger partial charge in [0.2, 0.25) is 0 Å². The molecule has 1 saturated heterocycles. The first-order valence-electron chi connectivity index (χ1n) is 7.39. The van der Waals surface area contributed by atoms with Crippen molar-refractivity contribution < 1.29 is 9.47 Å². The Kier molecular flexibility index (Phi) is 3.65. The Labute approximate surface area is 115 Å². The molecule has 0 radical (unpaired) electrons. The average Bonchev–Trinajstić information content (AvgIpc) is 2.47. The van der Waals surface area contributed by atoms with Gasteiger partial charge in [-0.15, -0.1) is 0 Å². The van der Waals surface area contributed by atoms with Gasteiger partial charge < -0.3 is 9.47 Å². The van der Waals surface area contributed by atoms with Crippen molar-refractivity contribution in [2.45, 2.75) is 38.1 Å². The van der Waals surface area contributed by atoms with Gasteiger partial charge >= 0.3 is 0 Å². The number of rotatable bonds is 3. The molecule has 3 nitrogen and oxygen atoms in total. The van der Waals surface area contributed by atoms with E-state index in [2.05, 4.69) is 24.0 Å². The maximum Gasteiger partial charge on any atom is 0.164 e. The van der Waals surface area contributed by atoms with Crippen LogP contribution in [0, 0.1) is 0 Å². The fourth-order valence-corrected chi connectivity index (χ4v) is 3.58. The van der Waals surface area contributed by atoms with Gasteiger partial charge in [-0.1, -0.05) is 19.1 Å². The SMILES string of the molecule is CCCN1CCCC2c3cccc(OC)c3OCC21. The Morgan fingerprint density at radius 2 is 2.32 bits per heavy atom. The molecule has 2 aliphatic rings. The van der Waals surface area contributed by atoms with Gasteiger partial charge in [0.15, 0.2) is 11.5 Å². The Balaban J connectivity index is 1.92. The lowest BCUT2D eigenvalue weighted by Crippen LogP contribution is -2.49. The molecular weight excluding hydrogens is 238 g/mol. The summed E-state index contributed by atoms with van der Waals surface area (Å²) in [6.07, 6.45) is 3.78. The van der Waals surface area contributed by atoms with E-state index >= 15 is 0 Å². The largest absolute Gasteiger partial charge is 0.493 e. The molecular formula is C16H23NO2. The van der Waals surface area contributed by atoms with Gasteiger partial charge in [-0.3, -0.25) is 4.90 Å². The van der Waals surface area contributed by atoms with E-state index in [1.54, 1.807) is 7.11 Å². The lowest BCUT2D eigenvalue weighted by atomic mass is 9.81. The second-order valence-electron chi connectivity index (χ2n) is 5.54. The zero-order valence-corrected chi connectivity index (χ0v) is 11.9. The first-order chi connectivity index (χ1) is 9.35. The van der Waals surface area contributed by atoms with Crippen molar-refractivity contribution in [3.8, 4) is 11.5 Å². The van der Waals surface area contributed by atoms with E-state index in [0.29, 0.717) is 12.0 Å². The molecule has 2 aliphatic heterocycles. The Bertz CT molecular complexity index is 444. The highest BCUT2D eigenvalue weighted by Crippen LogP contribution is 2.45. The number of hydrogen-bond acceptors (Lipinski definition) is 3. The summed E-state index contributed by atoms with van der Waals surface area (Å²) in [5.41, 5.74) is 1.34. The van der Waals surface area contributed by atoms with Crippen LogP contribution in [0.25, 0.3) is 0 Å². The van der Waals surface area contributed by atoms with Crippen molar-refractivity contribution in [2.75, 3.05) is 26.8 Å². The topological polar surface area (TPSA) is 21.7 Å². The summed E-state index contributed by atoms with van der Waals surface area (Å²) in [4.78, 5) is 2.61. The van der Waals surface area contributed by atoms with Gasteiger partial charge in [0.1, 0.15) is 6.61 Å². The van der Waals surface area contributed by atoms with Gasteiger partial charge in [-0.2, -0.15) is 0 Å². The minimum atomic E-state index is 0.549. The number of piperidine rings is 1. The van der Waals surface area contributed by atoms with Crippen LogP contribution in [-0.2, 0) is 0 Å². The van der Waals surface area contributed by atoms with E-state index in [-0.39, 0.29) is 0 Å². The maximum atomic E-state index is 6.02. The molecule has 0 bridgehead atoms. The summed E-state index contributed by atoms with van der Waals surface area (Å²) in [5, 5.41) is 0. The molecule has 0 aromatic heterocycles. The summed E-state index contributed by atoms with van der Waals surface area (Å²) in [6.45, 7) is 5.46. The molecule has 3 heteroatoms. The fraction of sp³-hybridized carbons (Fsp3) is 0.625. The second-order valence-corrected chi connectivity index (χ2v) is 5.54. The summed E-state index contributed by atoms with van der Waals surface area (Å²) in [5.74, 6) is 2.47. The maximum absolute atomic E-state index is 6.02. The van der Waals surface area contributed by atoms with E-state index in [4.69, 9.17) is 9.47 Å². The first kappa shape index (κ1) is 12.8. The molecule has 1 fully saturated rings. The first-order valence-corrected chi connectivity index (χ1v) is 7.39. The van der Waals surface area contributed by atoms with Gasteiger partial charge in [-0.25, -0.2) is 0 Å². The molecule has 0 N–H and O–H groups in total. The smallest absolute Gasteiger partial charge is 0.164 e. The van der Waals surface area contributed by atoms with Crippen LogP contribution in [-0.4, -0.2) is 37.7 Å². The highest BCUT2D eigenvalue weighted by molar-refractivity contribution is 5.50. The normalized spacial score (nSPS) is 26.2. The van der Waals surface area contributed by atoms with Crippen LogP contribution in [0.4, 0.5) is 0 Å². The number of hydrogen-bond donors (Lipinski definition) is 0. The monoisotopic (exact) mass is 261 g/mol. The number of likely N-dealkylation sites (tertiary alicyclic amines) is 1. The van der Waals surface area contributed by atoms with Crippen molar-refractivity contribution in [2.24, 2.45) is 0 Å². The third-order valence-electron chi connectivity index (χ3n) is 4.43. The molecule has 0 aliphatic carbocycles. The number of ether oxygens (including phenoxy) is 2. The average molecular weight is 261 g/mol. The van der Waals surface area contributed by atoms with Crippen molar-refractivity contribution >= 4 is 0 Å². The molecule has 0 spiro atoms. The van der Waals surface area contributed by atoms with E-state index in [0.717, 1.165) is 18.1 Å². The molecule has 2 atom stereocenters. The van der Waals surface area contributed by atoms with E-state index in [9.17, 15) is 0 Å². The lowest BCUT2D eigenvalue weighted by molar-refractivity contribution is 0.0643. The van der Waals surface area contributed by atoms with Crippen LogP contribution in [0.3, 0.4) is 0 Å². The Morgan fingerprint density at radius 1 is 1.42 bits per heavy atom. The van der Waals surface area contributed by atoms with Crippen molar-refractivity contribution in [1.29, 1.82) is 0 Å². The molecule has 3 rings (SSSR count). The van der Waals surface area contributed by atoms with E-state index < -0.39 is 0 Å². The molecule has 19 heavy (non-hydrogen) atoms. The third kappa shape index (κ3) is 2.20. The van der Waals surface area contributed by atoms with Crippen LogP contribution < -0.4 is 9.47 Å². The summed E-state index contributed by atoms with van der Waals surface area (Å²) in [6, 6.07) is 6.84. The van der Waals surface area contributed by atoms with Crippen LogP contribution in [0.1, 0.15) is 37.7 Å². The van der Waals surface area contributed by atoms with Gasteiger partial charge in [-0.05, 0) is 38.4 Å². The minimum absolute atomic E-state index is 0.549. The zero-order valence-electron chi connectivity index (χ0n) is 11.9. The van der Waals surface area contributed by atoms with Crippen molar-refractivity contribution in [1.82, 2.24) is 4.90 Å². The molecule has 1 aromatic rings. The lowest BCUT2D eigenvalue weighted by Gasteiger charge is -2.44. The molecule has 0 saturated carbocycles. The number of para-hydroxylation sites is 1. The standard InChI is InChI=1S/C16H23NO2/c1-3-9-17-10-5-7-12-13-6-4-8-15(18-2)16(13)19-11-14(12)17/h4,6,8,12,14H,3,5,7,9-11H2,1-2H3. The number of benzene rings is 1.